The van der Waals surface area contributed by atoms with E-state index in [-0.39, 0.29) is 18.1 Å². The first-order chi connectivity index (χ1) is 7.33. The Labute approximate surface area is 96.2 Å². The highest BCUT2D eigenvalue weighted by atomic mass is 16.6. The molecule has 0 aliphatic carbocycles. The second-order valence-corrected chi connectivity index (χ2v) is 5.17. The van der Waals surface area contributed by atoms with Gasteiger partial charge in [0.15, 0.2) is 0 Å². The number of carbonyl (C=O) groups is 1. The summed E-state index contributed by atoms with van der Waals surface area (Å²) in [6.07, 6.45) is 0.0453. The van der Waals surface area contributed by atoms with Crippen LogP contribution in [0, 0.1) is 17.2 Å². The van der Waals surface area contributed by atoms with E-state index in [0.717, 1.165) is 0 Å². The van der Waals surface area contributed by atoms with Crippen LogP contribution in [0.25, 0.3) is 0 Å². The summed E-state index contributed by atoms with van der Waals surface area (Å²) in [6.45, 7) is 6.47. The van der Waals surface area contributed by atoms with Crippen molar-refractivity contribution in [2.75, 3.05) is 13.1 Å². The predicted octanol–water partition coefficient (Wildman–Crippen LogP) is 1.09. The van der Waals surface area contributed by atoms with E-state index in [1.165, 1.54) is 0 Å². The Bertz CT molecular complexity index is 303. The third-order valence-electron chi connectivity index (χ3n) is 2.50. The Balaban J connectivity index is 2.52. The molecule has 5 nitrogen and oxygen atoms in total. The Morgan fingerprint density at radius 1 is 1.56 bits per heavy atom. The van der Waals surface area contributed by atoms with E-state index in [1.807, 2.05) is 20.8 Å². The highest BCUT2D eigenvalue weighted by molar-refractivity contribution is 5.68. The minimum atomic E-state index is -0.492. The van der Waals surface area contributed by atoms with Gasteiger partial charge in [-0.15, -0.1) is 0 Å². The minimum Gasteiger partial charge on any atom is -0.444 e. The van der Waals surface area contributed by atoms with Crippen LogP contribution in [0.5, 0.6) is 0 Å². The Hall–Kier alpha value is -1.28. The quantitative estimate of drug-likeness (QED) is 0.724. The first-order valence-electron chi connectivity index (χ1n) is 5.44. The maximum absolute atomic E-state index is 11.7. The van der Waals surface area contributed by atoms with Gasteiger partial charge in [-0.2, -0.15) is 5.26 Å². The SMILES string of the molecule is CC(C)(C)OC(=O)N1C[C@@H](CC#N)[C@H](N)C1. The average Bonchev–Trinajstić information content (AvgIpc) is 2.46. The third kappa shape index (κ3) is 3.38. The fourth-order valence-electron chi connectivity index (χ4n) is 1.71. The maximum atomic E-state index is 11.7. The molecule has 0 aromatic rings. The van der Waals surface area contributed by atoms with E-state index in [0.29, 0.717) is 19.5 Å². The molecule has 1 heterocycles. The topological polar surface area (TPSA) is 79.3 Å². The van der Waals surface area contributed by atoms with Gasteiger partial charge in [0.05, 0.1) is 6.07 Å². The van der Waals surface area contributed by atoms with Crippen molar-refractivity contribution in [3.8, 4) is 6.07 Å². The number of hydrogen-bond donors (Lipinski definition) is 1. The van der Waals surface area contributed by atoms with Gasteiger partial charge in [0.1, 0.15) is 5.60 Å². The van der Waals surface area contributed by atoms with Crippen molar-refractivity contribution >= 4 is 6.09 Å². The molecule has 1 fully saturated rings. The van der Waals surface area contributed by atoms with Gasteiger partial charge in [0.25, 0.3) is 0 Å². The molecule has 0 saturated carbocycles. The van der Waals surface area contributed by atoms with Crippen molar-refractivity contribution in [2.45, 2.75) is 38.8 Å². The van der Waals surface area contributed by atoms with E-state index in [1.54, 1.807) is 4.90 Å². The van der Waals surface area contributed by atoms with Gasteiger partial charge in [-0.3, -0.25) is 0 Å². The van der Waals surface area contributed by atoms with Gasteiger partial charge < -0.3 is 15.4 Å². The Morgan fingerprint density at radius 3 is 2.69 bits per heavy atom. The molecule has 1 amide bonds. The normalized spacial score (nSPS) is 25.3. The molecule has 0 aromatic carbocycles. The van der Waals surface area contributed by atoms with Crippen molar-refractivity contribution in [1.29, 1.82) is 5.26 Å². The van der Waals surface area contributed by atoms with E-state index in [9.17, 15) is 4.79 Å². The fourth-order valence-corrected chi connectivity index (χ4v) is 1.71. The van der Waals surface area contributed by atoms with Gasteiger partial charge in [0, 0.05) is 31.5 Å². The summed E-state index contributed by atoms with van der Waals surface area (Å²) in [5, 5.41) is 8.62. The first kappa shape index (κ1) is 12.8. The number of nitrogens with zero attached hydrogens (tertiary/aromatic N) is 2. The summed E-state index contributed by atoms with van der Waals surface area (Å²) in [4.78, 5) is 13.3. The predicted molar refractivity (Wildman–Crippen MR) is 59.5 cm³/mol. The van der Waals surface area contributed by atoms with Crippen molar-refractivity contribution in [1.82, 2.24) is 4.90 Å². The van der Waals surface area contributed by atoms with Gasteiger partial charge in [-0.05, 0) is 20.8 Å². The zero-order chi connectivity index (χ0) is 12.3. The first-order valence-corrected chi connectivity index (χ1v) is 5.44. The number of ether oxygens (including phenoxy) is 1. The Morgan fingerprint density at radius 2 is 2.19 bits per heavy atom. The molecule has 0 aromatic heterocycles. The highest BCUT2D eigenvalue weighted by Crippen LogP contribution is 2.20. The number of nitrogens with two attached hydrogens (primary N) is 1. The summed E-state index contributed by atoms with van der Waals surface area (Å²) in [7, 11) is 0. The van der Waals surface area contributed by atoms with Crippen molar-refractivity contribution < 1.29 is 9.53 Å². The van der Waals surface area contributed by atoms with Crippen LogP contribution < -0.4 is 5.73 Å². The lowest BCUT2D eigenvalue weighted by atomic mass is 10.0. The fraction of sp³-hybridized carbons (Fsp3) is 0.818. The molecule has 5 heteroatoms. The average molecular weight is 225 g/mol. The van der Waals surface area contributed by atoms with E-state index >= 15 is 0 Å². The molecular formula is C11H19N3O2. The highest BCUT2D eigenvalue weighted by Gasteiger charge is 2.34. The lowest BCUT2D eigenvalue weighted by Crippen LogP contribution is -2.36. The number of rotatable bonds is 1. The molecule has 2 atom stereocenters. The third-order valence-corrected chi connectivity index (χ3v) is 2.50. The van der Waals surface area contributed by atoms with Crippen molar-refractivity contribution in [2.24, 2.45) is 11.7 Å². The molecular weight excluding hydrogens is 206 g/mol. The van der Waals surface area contributed by atoms with Crippen LogP contribution in [0.2, 0.25) is 0 Å². The smallest absolute Gasteiger partial charge is 0.410 e. The summed E-state index contributed by atoms with van der Waals surface area (Å²) in [5.41, 5.74) is 5.36. The zero-order valence-electron chi connectivity index (χ0n) is 10.1. The van der Waals surface area contributed by atoms with Crippen LogP contribution in [0.1, 0.15) is 27.2 Å². The van der Waals surface area contributed by atoms with Gasteiger partial charge in [-0.1, -0.05) is 0 Å². The molecule has 0 bridgehead atoms. The molecule has 0 spiro atoms. The summed E-state index contributed by atoms with van der Waals surface area (Å²) in [5.74, 6) is 0.0671. The number of amides is 1. The molecule has 16 heavy (non-hydrogen) atoms. The molecule has 1 aliphatic heterocycles. The minimum absolute atomic E-state index is 0.0671. The van der Waals surface area contributed by atoms with Crippen LogP contribution >= 0.6 is 0 Å². The van der Waals surface area contributed by atoms with E-state index in [4.69, 9.17) is 15.7 Å². The lowest BCUT2D eigenvalue weighted by molar-refractivity contribution is 0.0287. The largest absolute Gasteiger partial charge is 0.444 e. The maximum Gasteiger partial charge on any atom is 0.410 e. The van der Waals surface area contributed by atoms with Gasteiger partial charge in [0.2, 0.25) is 0 Å². The molecule has 90 valence electrons. The number of hydrogen-bond acceptors (Lipinski definition) is 4. The molecule has 1 rings (SSSR count). The van der Waals surface area contributed by atoms with E-state index in [2.05, 4.69) is 6.07 Å². The zero-order valence-corrected chi connectivity index (χ0v) is 10.1. The van der Waals surface area contributed by atoms with Gasteiger partial charge >= 0.3 is 6.09 Å². The van der Waals surface area contributed by atoms with E-state index < -0.39 is 5.60 Å². The van der Waals surface area contributed by atoms with Crippen LogP contribution in [0.15, 0.2) is 0 Å². The molecule has 0 radical (unpaired) electrons. The lowest BCUT2D eigenvalue weighted by Gasteiger charge is -2.24. The summed E-state index contributed by atoms with van der Waals surface area (Å²) in [6, 6.07) is 1.97. The molecule has 1 aliphatic rings. The van der Waals surface area contributed by atoms with Crippen LogP contribution in [-0.4, -0.2) is 35.7 Å². The van der Waals surface area contributed by atoms with Gasteiger partial charge in [-0.25, -0.2) is 4.79 Å². The summed E-state index contributed by atoms with van der Waals surface area (Å²) >= 11 is 0. The summed E-state index contributed by atoms with van der Waals surface area (Å²) < 4.78 is 5.24. The number of carbonyl (C=O) groups excluding carboxylic acids is 1. The van der Waals surface area contributed by atoms with Crippen LogP contribution in [0.4, 0.5) is 4.79 Å². The molecule has 2 N–H and O–H groups in total. The second-order valence-electron chi connectivity index (χ2n) is 5.17. The standard InChI is InChI=1S/C11H19N3O2/c1-11(2,3)16-10(15)14-6-8(4-5-12)9(13)7-14/h8-9H,4,6-7,13H2,1-3H3/t8-,9-/m1/s1. The number of nitriles is 1. The molecule has 0 unspecified atom stereocenters. The second kappa shape index (κ2) is 4.71. The van der Waals surface area contributed by atoms with Crippen molar-refractivity contribution in [3.63, 3.8) is 0 Å². The van der Waals surface area contributed by atoms with Crippen LogP contribution in [-0.2, 0) is 4.74 Å². The Kier molecular flexibility index (Phi) is 3.76. The molecule has 1 saturated heterocycles. The monoisotopic (exact) mass is 225 g/mol. The van der Waals surface area contributed by atoms with Crippen LogP contribution in [0.3, 0.4) is 0 Å². The van der Waals surface area contributed by atoms with Crippen molar-refractivity contribution in [3.05, 3.63) is 0 Å². The number of likely N-dealkylation sites (tertiary alicyclic amines) is 1.